The highest BCUT2D eigenvalue weighted by molar-refractivity contribution is 5.97. The van der Waals surface area contributed by atoms with Crippen molar-refractivity contribution in [2.75, 3.05) is 18.2 Å². The van der Waals surface area contributed by atoms with Crippen molar-refractivity contribution in [1.82, 2.24) is 9.78 Å². The summed E-state index contributed by atoms with van der Waals surface area (Å²) in [6, 6.07) is 5.48. The summed E-state index contributed by atoms with van der Waals surface area (Å²) < 4.78 is 6.85. The fourth-order valence-corrected chi connectivity index (χ4v) is 1.89. The number of hydrogen-bond donors (Lipinski definition) is 2. The number of hydrogen-bond acceptors (Lipinski definition) is 4. The zero-order valence-electron chi connectivity index (χ0n) is 11.1. The van der Waals surface area contributed by atoms with E-state index in [-0.39, 0.29) is 5.91 Å². The Morgan fingerprint density at radius 2 is 2.16 bits per heavy atom. The lowest BCUT2D eigenvalue weighted by molar-refractivity contribution is -0.114. The highest BCUT2D eigenvalue weighted by Gasteiger charge is 2.16. The first-order chi connectivity index (χ1) is 9.04. The van der Waals surface area contributed by atoms with E-state index in [9.17, 15) is 4.79 Å². The average Bonchev–Trinajstić information content (AvgIpc) is 2.70. The van der Waals surface area contributed by atoms with Gasteiger partial charge < -0.3 is 15.8 Å². The molecule has 0 unspecified atom stereocenters. The number of nitrogens with one attached hydrogen (secondary N) is 1. The van der Waals surface area contributed by atoms with Crippen LogP contribution in [0.2, 0.25) is 0 Å². The number of para-hydroxylation sites is 1. The first kappa shape index (κ1) is 12.9. The molecule has 6 nitrogen and oxygen atoms in total. The molecule has 0 aliphatic heterocycles. The Bertz CT molecular complexity index is 619. The number of ether oxygens (including phenoxy) is 1. The van der Waals surface area contributed by atoms with E-state index in [0.717, 1.165) is 11.1 Å². The molecule has 1 aromatic carbocycles. The molecule has 2 aromatic rings. The van der Waals surface area contributed by atoms with Gasteiger partial charge in [-0.3, -0.25) is 9.48 Å². The number of nitrogens with two attached hydrogens (primary N) is 1. The molecule has 0 aliphatic rings. The monoisotopic (exact) mass is 260 g/mol. The van der Waals surface area contributed by atoms with Crippen molar-refractivity contribution < 1.29 is 9.53 Å². The van der Waals surface area contributed by atoms with Crippen molar-refractivity contribution in [1.29, 1.82) is 0 Å². The molecule has 0 radical (unpaired) electrons. The number of nitrogen functional groups attached to an aromatic ring is 1. The molecule has 1 heterocycles. The van der Waals surface area contributed by atoms with Crippen LogP contribution in [-0.4, -0.2) is 22.8 Å². The second-order valence-corrected chi connectivity index (χ2v) is 4.13. The zero-order valence-corrected chi connectivity index (χ0v) is 11.1. The summed E-state index contributed by atoms with van der Waals surface area (Å²) in [5.41, 5.74) is 8.10. The molecule has 0 saturated heterocycles. The Kier molecular flexibility index (Phi) is 3.41. The van der Waals surface area contributed by atoms with Gasteiger partial charge in [0.05, 0.1) is 19.0 Å². The van der Waals surface area contributed by atoms with E-state index in [2.05, 4.69) is 10.4 Å². The van der Waals surface area contributed by atoms with E-state index in [1.54, 1.807) is 31.1 Å². The van der Waals surface area contributed by atoms with Gasteiger partial charge in [-0.25, -0.2) is 0 Å². The number of amides is 1. The lowest BCUT2D eigenvalue weighted by Gasteiger charge is -2.13. The Morgan fingerprint density at radius 1 is 1.42 bits per heavy atom. The largest absolute Gasteiger partial charge is 0.495 e. The van der Waals surface area contributed by atoms with Gasteiger partial charge >= 0.3 is 0 Å². The number of rotatable bonds is 3. The second kappa shape index (κ2) is 5.01. The minimum absolute atomic E-state index is 0.173. The van der Waals surface area contributed by atoms with E-state index in [0.29, 0.717) is 17.3 Å². The number of anilines is 2. The zero-order chi connectivity index (χ0) is 14.0. The van der Waals surface area contributed by atoms with Gasteiger partial charge in [-0.1, -0.05) is 12.1 Å². The van der Waals surface area contributed by atoms with Crippen LogP contribution in [0.1, 0.15) is 6.92 Å². The minimum Gasteiger partial charge on any atom is -0.495 e. The molecule has 1 amide bonds. The smallest absolute Gasteiger partial charge is 0.221 e. The molecule has 1 aromatic heterocycles. The molecule has 2 rings (SSSR count). The van der Waals surface area contributed by atoms with Crippen molar-refractivity contribution >= 4 is 17.4 Å². The standard InChI is InChI=1S/C13H16N4O2/c1-8(18)16-12-9(5-4-6-11(12)19-3)10-7-15-17(2)13(10)14/h4-7H,14H2,1-3H3,(H,16,18). The molecule has 19 heavy (non-hydrogen) atoms. The normalized spacial score (nSPS) is 10.3. The van der Waals surface area contributed by atoms with Crippen molar-refractivity contribution in [2.24, 2.45) is 7.05 Å². The fraction of sp³-hybridized carbons (Fsp3) is 0.231. The summed E-state index contributed by atoms with van der Waals surface area (Å²) in [5, 5.41) is 6.88. The first-order valence-electron chi connectivity index (χ1n) is 5.77. The molecular weight excluding hydrogens is 244 g/mol. The van der Waals surface area contributed by atoms with Crippen LogP contribution in [0.5, 0.6) is 5.75 Å². The van der Waals surface area contributed by atoms with E-state index in [4.69, 9.17) is 10.5 Å². The van der Waals surface area contributed by atoms with E-state index >= 15 is 0 Å². The van der Waals surface area contributed by atoms with Gasteiger partial charge in [0.1, 0.15) is 11.6 Å². The maximum atomic E-state index is 11.3. The number of benzene rings is 1. The Hall–Kier alpha value is -2.50. The molecule has 0 fully saturated rings. The maximum absolute atomic E-state index is 11.3. The molecule has 0 atom stereocenters. The average molecular weight is 260 g/mol. The van der Waals surface area contributed by atoms with Gasteiger partial charge in [0.15, 0.2) is 0 Å². The Morgan fingerprint density at radius 3 is 2.68 bits per heavy atom. The Balaban J connectivity index is 2.62. The Labute approximate surface area is 111 Å². The molecule has 0 aliphatic carbocycles. The van der Waals surface area contributed by atoms with Crippen LogP contribution in [0.4, 0.5) is 11.5 Å². The van der Waals surface area contributed by atoms with Crippen molar-refractivity contribution in [2.45, 2.75) is 6.92 Å². The molecule has 0 saturated carbocycles. The molecule has 0 bridgehead atoms. The first-order valence-corrected chi connectivity index (χ1v) is 5.77. The van der Waals surface area contributed by atoms with Crippen LogP contribution in [0, 0.1) is 0 Å². The van der Waals surface area contributed by atoms with Crippen LogP contribution in [0.25, 0.3) is 11.1 Å². The van der Waals surface area contributed by atoms with Crippen LogP contribution in [0.15, 0.2) is 24.4 Å². The number of aryl methyl sites for hydroxylation is 1. The SMILES string of the molecule is COc1cccc(-c2cnn(C)c2N)c1NC(C)=O. The number of carbonyl (C=O) groups excluding carboxylic acids is 1. The van der Waals surface area contributed by atoms with Crippen LogP contribution < -0.4 is 15.8 Å². The third-order valence-corrected chi connectivity index (χ3v) is 2.82. The number of carbonyl (C=O) groups is 1. The van der Waals surface area contributed by atoms with Gasteiger partial charge in [0.2, 0.25) is 5.91 Å². The molecule has 100 valence electrons. The lowest BCUT2D eigenvalue weighted by atomic mass is 10.1. The van der Waals surface area contributed by atoms with Crippen molar-refractivity contribution in [3.8, 4) is 16.9 Å². The second-order valence-electron chi connectivity index (χ2n) is 4.13. The third-order valence-electron chi connectivity index (χ3n) is 2.82. The van der Waals surface area contributed by atoms with Gasteiger partial charge in [0, 0.05) is 25.1 Å². The predicted octanol–water partition coefficient (Wildman–Crippen LogP) is 1.64. The quantitative estimate of drug-likeness (QED) is 0.878. The fourth-order valence-electron chi connectivity index (χ4n) is 1.89. The minimum atomic E-state index is -0.173. The predicted molar refractivity (Wildman–Crippen MR) is 73.9 cm³/mol. The van der Waals surface area contributed by atoms with Crippen molar-refractivity contribution in [3.63, 3.8) is 0 Å². The van der Waals surface area contributed by atoms with Gasteiger partial charge in [-0.15, -0.1) is 0 Å². The summed E-state index contributed by atoms with van der Waals surface area (Å²) in [7, 11) is 3.31. The highest BCUT2D eigenvalue weighted by Crippen LogP contribution is 2.37. The van der Waals surface area contributed by atoms with Crippen molar-refractivity contribution in [3.05, 3.63) is 24.4 Å². The van der Waals surface area contributed by atoms with Crippen LogP contribution in [-0.2, 0) is 11.8 Å². The number of nitrogens with zero attached hydrogens (tertiary/aromatic N) is 2. The topological polar surface area (TPSA) is 82.2 Å². The highest BCUT2D eigenvalue weighted by atomic mass is 16.5. The van der Waals surface area contributed by atoms with E-state index in [1.165, 1.54) is 6.92 Å². The molecule has 3 N–H and O–H groups in total. The van der Waals surface area contributed by atoms with Gasteiger partial charge in [0.25, 0.3) is 0 Å². The van der Waals surface area contributed by atoms with E-state index in [1.807, 2.05) is 12.1 Å². The molecule has 0 spiro atoms. The van der Waals surface area contributed by atoms with Gasteiger partial charge in [-0.2, -0.15) is 5.10 Å². The lowest BCUT2D eigenvalue weighted by Crippen LogP contribution is -2.08. The summed E-state index contributed by atoms with van der Waals surface area (Å²) in [4.78, 5) is 11.3. The van der Waals surface area contributed by atoms with Crippen LogP contribution >= 0.6 is 0 Å². The molecular formula is C13H16N4O2. The van der Waals surface area contributed by atoms with Gasteiger partial charge in [-0.05, 0) is 6.07 Å². The van der Waals surface area contributed by atoms with Crippen LogP contribution in [0.3, 0.4) is 0 Å². The molecule has 6 heteroatoms. The number of aromatic nitrogens is 2. The van der Waals surface area contributed by atoms with E-state index < -0.39 is 0 Å². The summed E-state index contributed by atoms with van der Waals surface area (Å²) in [6.07, 6.45) is 1.66. The maximum Gasteiger partial charge on any atom is 0.221 e. The third kappa shape index (κ3) is 2.37. The summed E-state index contributed by atoms with van der Waals surface area (Å²) >= 11 is 0. The number of methoxy groups -OCH3 is 1. The summed E-state index contributed by atoms with van der Waals surface area (Å²) in [6.45, 7) is 1.45. The summed E-state index contributed by atoms with van der Waals surface area (Å²) in [5.74, 6) is 0.934.